The van der Waals surface area contributed by atoms with Gasteiger partial charge in [0.1, 0.15) is 5.82 Å². The van der Waals surface area contributed by atoms with Gasteiger partial charge in [0, 0.05) is 36.7 Å². The van der Waals surface area contributed by atoms with Gasteiger partial charge in [-0.3, -0.25) is 4.79 Å². The predicted molar refractivity (Wildman–Crippen MR) is 120 cm³/mol. The summed E-state index contributed by atoms with van der Waals surface area (Å²) in [5, 5.41) is 6.03. The van der Waals surface area contributed by atoms with Crippen molar-refractivity contribution in [1.29, 1.82) is 0 Å². The zero-order chi connectivity index (χ0) is 22.0. The first-order valence-electron chi connectivity index (χ1n) is 10.3. The van der Waals surface area contributed by atoms with E-state index < -0.39 is 15.9 Å². The largest absolute Gasteiger partial charge is 0.371 e. The fraction of sp³-hybridized carbons (Fsp3) is 0.450. The lowest BCUT2D eigenvalue weighted by molar-refractivity contribution is 0.100. The van der Waals surface area contributed by atoms with Crippen LogP contribution < -0.4 is 26.0 Å². The molecule has 1 saturated heterocycles. The van der Waals surface area contributed by atoms with Crippen LogP contribution in [0, 0.1) is 0 Å². The van der Waals surface area contributed by atoms with Crippen molar-refractivity contribution in [2.24, 2.45) is 5.73 Å². The maximum absolute atomic E-state index is 12.0. The normalized spacial score (nSPS) is 17.4. The van der Waals surface area contributed by atoms with Crippen LogP contribution in [-0.2, 0) is 10.0 Å². The summed E-state index contributed by atoms with van der Waals surface area (Å²) in [7, 11) is -1.76. The molecule has 166 valence electrons. The molecular formula is C20H27N7O3S. The van der Waals surface area contributed by atoms with Gasteiger partial charge in [-0.25, -0.2) is 18.1 Å². The quantitative estimate of drug-likeness (QED) is 0.478. The smallest absolute Gasteiger partial charge is 0.254 e. The highest BCUT2D eigenvalue weighted by Crippen LogP contribution is 2.27. The lowest BCUT2D eigenvalue weighted by atomic mass is 10.1. The van der Waals surface area contributed by atoms with E-state index >= 15 is 0 Å². The van der Waals surface area contributed by atoms with Gasteiger partial charge in [-0.15, -0.1) is 0 Å². The molecule has 1 amide bonds. The Morgan fingerprint density at radius 1 is 1.13 bits per heavy atom. The summed E-state index contributed by atoms with van der Waals surface area (Å²) < 4.78 is 26.4. The van der Waals surface area contributed by atoms with Crippen molar-refractivity contribution in [1.82, 2.24) is 14.7 Å². The molecule has 5 N–H and O–H groups in total. The Morgan fingerprint density at radius 3 is 2.39 bits per heavy atom. The van der Waals surface area contributed by atoms with Gasteiger partial charge in [-0.1, -0.05) is 0 Å². The van der Waals surface area contributed by atoms with E-state index in [1.807, 2.05) is 24.3 Å². The SMILES string of the molecule is CNS(=O)(=O)C1CCN(c2ccc(Nc3ncc(C(N)=O)c(NC4CC4)n3)cc2)CC1. The van der Waals surface area contributed by atoms with E-state index in [4.69, 9.17) is 5.73 Å². The molecule has 31 heavy (non-hydrogen) atoms. The van der Waals surface area contributed by atoms with Gasteiger partial charge in [0.05, 0.1) is 10.8 Å². The number of nitrogens with one attached hydrogen (secondary N) is 3. The van der Waals surface area contributed by atoms with E-state index in [1.54, 1.807) is 0 Å². The van der Waals surface area contributed by atoms with Crippen molar-refractivity contribution in [3.8, 4) is 0 Å². The molecule has 0 unspecified atom stereocenters. The Morgan fingerprint density at radius 2 is 1.81 bits per heavy atom. The van der Waals surface area contributed by atoms with Gasteiger partial charge in [-0.2, -0.15) is 4.98 Å². The minimum atomic E-state index is -3.22. The molecule has 2 aromatic rings. The van der Waals surface area contributed by atoms with Crippen LogP contribution in [0.15, 0.2) is 30.5 Å². The highest BCUT2D eigenvalue weighted by atomic mass is 32.2. The third kappa shape index (κ3) is 5.05. The van der Waals surface area contributed by atoms with E-state index in [0.717, 1.165) is 24.2 Å². The molecule has 0 atom stereocenters. The highest BCUT2D eigenvalue weighted by Gasteiger charge is 2.29. The summed E-state index contributed by atoms with van der Waals surface area (Å²) in [6.07, 6.45) is 4.72. The molecule has 2 heterocycles. The first kappa shape index (κ1) is 21.3. The van der Waals surface area contributed by atoms with Crippen LogP contribution in [-0.4, -0.2) is 55.7 Å². The summed E-state index contributed by atoms with van der Waals surface area (Å²) >= 11 is 0. The van der Waals surface area contributed by atoms with E-state index in [9.17, 15) is 13.2 Å². The second-order valence-electron chi connectivity index (χ2n) is 7.85. The van der Waals surface area contributed by atoms with Crippen molar-refractivity contribution in [2.75, 3.05) is 35.7 Å². The molecule has 2 fully saturated rings. The van der Waals surface area contributed by atoms with Gasteiger partial charge in [0.2, 0.25) is 16.0 Å². The second kappa shape index (κ2) is 8.67. The van der Waals surface area contributed by atoms with Gasteiger partial charge >= 0.3 is 0 Å². The number of amides is 1. The van der Waals surface area contributed by atoms with Crippen molar-refractivity contribution < 1.29 is 13.2 Å². The van der Waals surface area contributed by atoms with Crippen molar-refractivity contribution in [2.45, 2.75) is 37.0 Å². The van der Waals surface area contributed by atoms with Crippen molar-refractivity contribution in [3.63, 3.8) is 0 Å². The Bertz CT molecular complexity index is 1050. The Kier molecular flexibility index (Phi) is 5.96. The Hall–Kier alpha value is -2.92. The number of primary amides is 1. The van der Waals surface area contributed by atoms with Crippen LogP contribution in [0.3, 0.4) is 0 Å². The molecule has 1 aromatic carbocycles. The first-order valence-corrected chi connectivity index (χ1v) is 11.9. The van der Waals surface area contributed by atoms with Crippen LogP contribution in [0.25, 0.3) is 0 Å². The third-order valence-electron chi connectivity index (χ3n) is 5.63. The fourth-order valence-electron chi connectivity index (χ4n) is 3.63. The summed E-state index contributed by atoms with van der Waals surface area (Å²) in [6, 6.07) is 8.13. The lowest BCUT2D eigenvalue weighted by Gasteiger charge is -2.33. The summed E-state index contributed by atoms with van der Waals surface area (Å²) in [4.78, 5) is 22.4. The minimum absolute atomic E-state index is 0.275. The van der Waals surface area contributed by atoms with Gasteiger partial charge in [0.15, 0.2) is 0 Å². The number of nitrogens with zero attached hydrogens (tertiary/aromatic N) is 3. The molecule has 1 aliphatic carbocycles. The molecule has 0 bridgehead atoms. The van der Waals surface area contributed by atoms with Gasteiger partial charge in [-0.05, 0) is 57.0 Å². The zero-order valence-corrected chi connectivity index (χ0v) is 18.2. The van der Waals surface area contributed by atoms with E-state index in [2.05, 4.69) is 30.2 Å². The number of piperidine rings is 1. The van der Waals surface area contributed by atoms with Crippen LogP contribution in [0.5, 0.6) is 0 Å². The maximum atomic E-state index is 12.0. The van der Waals surface area contributed by atoms with Crippen molar-refractivity contribution in [3.05, 3.63) is 36.0 Å². The molecule has 4 rings (SSSR count). The van der Waals surface area contributed by atoms with Crippen LogP contribution in [0.1, 0.15) is 36.0 Å². The standard InChI is InChI=1S/C20H27N7O3S/c1-22-31(29,30)16-8-10-27(11-9-16)15-6-4-14(5-7-15)25-20-23-12-17(18(21)28)19(26-20)24-13-2-3-13/h4-7,12-13,16,22H,2-3,8-11H2,1H3,(H2,21,28)(H2,23,24,25,26). The number of hydrogen-bond acceptors (Lipinski definition) is 8. The number of rotatable bonds is 8. The number of aromatic nitrogens is 2. The average Bonchev–Trinajstić information content (AvgIpc) is 3.58. The Balaban J connectivity index is 1.40. The molecule has 10 nitrogen and oxygen atoms in total. The number of nitrogens with two attached hydrogens (primary N) is 1. The number of benzene rings is 1. The Labute approximate surface area is 181 Å². The molecular weight excluding hydrogens is 418 g/mol. The summed E-state index contributed by atoms with van der Waals surface area (Å²) in [5.41, 5.74) is 7.54. The van der Waals surface area contributed by atoms with Gasteiger partial charge in [0.25, 0.3) is 5.91 Å². The lowest BCUT2D eigenvalue weighted by Crippen LogP contribution is -2.42. The van der Waals surface area contributed by atoms with E-state index in [1.165, 1.54) is 13.2 Å². The second-order valence-corrected chi connectivity index (χ2v) is 10.0. The van der Waals surface area contributed by atoms with Crippen molar-refractivity contribution >= 4 is 39.1 Å². The minimum Gasteiger partial charge on any atom is -0.371 e. The third-order valence-corrected chi connectivity index (χ3v) is 7.54. The predicted octanol–water partition coefficient (Wildman–Crippen LogP) is 1.41. The number of carbonyl (C=O) groups is 1. The number of sulfonamides is 1. The van der Waals surface area contributed by atoms with Crippen LogP contribution >= 0.6 is 0 Å². The number of carbonyl (C=O) groups excluding carboxylic acids is 1. The molecule has 0 spiro atoms. The average molecular weight is 446 g/mol. The molecule has 1 aliphatic heterocycles. The molecule has 2 aliphatic rings. The van der Waals surface area contributed by atoms with E-state index in [-0.39, 0.29) is 10.8 Å². The van der Waals surface area contributed by atoms with Gasteiger partial charge < -0.3 is 21.3 Å². The molecule has 1 saturated carbocycles. The monoisotopic (exact) mass is 445 g/mol. The molecule has 0 radical (unpaired) electrons. The van der Waals surface area contributed by atoms with Crippen LogP contribution in [0.4, 0.5) is 23.1 Å². The van der Waals surface area contributed by atoms with E-state index in [0.29, 0.717) is 43.7 Å². The zero-order valence-electron chi connectivity index (χ0n) is 17.3. The fourth-order valence-corrected chi connectivity index (χ4v) is 4.79. The topological polar surface area (TPSA) is 142 Å². The summed E-state index contributed by atoms with van der Waals surface area (Å²) in [6.45, 7) is 1.37. The highest BCUT2D eigenvalue weighted by molar-refractivity contribution is 7.90. The van der Waals surface area contributed by atoms with Crippen LogP contribution in [0.2, 0.25) is 0 Å². The number of hydrogen-bond donors (Lipinski definition) is 4. The first-order chi connectivity index (χ1) is 14.9. The number of anilines is 4. The molecule has 11 heteroatoms. The summed E-state index contributed by atoms with van der Waals surface area (Å²) in [5.74, 6) is 0.257. The molecule has 1 aromatic heterocycles. The maximum Gasteiger partial charge on any atom is 0.254 e.